The number of phenolic OH excluding ortho intramolecular Hbond substituents is 1. The zero-order chi connectivity index (χ0) is 32.8. The van der Waals surface area contributed by atoms with Crippen molar-refractivity contribution < 1.29 is 27.4 Å². The SMILES string of the molecule is C#Cc1c(F)ccc2cc(O)cc(-c3c(F)c4nc(OC[C@]5(CNC)CC5(F)F)nc(N5C6CCC5CNC6)c4c4cn(C)nc34)c12. The molecule has 3 fully saturated rings. The number of halogens is 4. The van der Waals surface area contributed by atoms with E-state index in [2.05, 4.69) is 31.5 Å². The third kappa shape index (κ3) is 4.42. The number of rotatable bonds is 7. The van der Waals surface area contributed by atoms with Crippen LogP contribution in [-0.4, -0.2) is 76.2 Å². The summed E-state index contributed by atoms with van der Waals surface area (Å²) in [6.45, 7) is 1.05. The van der Waals surface area contributed by atoms with E-state index in [0.717, 1.165) is 12.8 Å². The molecular formula is C34H31F4N7O2. The van der Waals surface area contributed by atoms with Crippen LogP contribution in [0.3, 0.4) is 0 Å². The fourth-order valence-corrected chi connectivity index (χ4v) is 7.62. The summed E-state index contributed by atoms with van der Waals surface area (Å²) in [5, 5.41) is 23.2. The molecule has 2 bridgehead atoms. The van der Waals surface area contributed by atoms with Crippen LogP contribution in [0.5, 0.6) is 11.8 Å². The highest BCUT2D eigenvalue weighted by Gasteiger charge is 2.71. The molecule has 0 amide bonds. The molecule has 3 atom stereocenters. The number of hydrogen-bond donors (Lipinski definition) is 3. The number of nitrogens with zero attached hydrogens (tertiary/aromatic N) is 5. The highest BCUT2D eigenvalue weighted by Crippen LogP contribution is 2.60. The summed E-state index contributed by atoms with van der Waals surface area (Å²) >= 11 is 0. The van der Waals surface area contributed by atoms with Gasteiger partial charge in [0.15, 0.2) is 5.82 Å². The van der Waals surface area contributed by atoms with Crippen molar-refractivity contribution in [2.24, 2.45) is 12.5 Å². The van der Waals surface area contributed by atoms with Crippen LogP contribution in [0.2, 0.25) is 0 Å². The highest BCUT2D eigenvalue weighted by molar-refractivity contribution is 6.18. The number of fused-ring (bicyclic) bond motifs is 6. The van der Waals surface area contributed by atoms with Gasteiger partial charge in [0.05, 0.1) is 16.4 Å². The van der Waals surface area contributed by atoms with Gasteiger partial charge in [-0.2, -0.15) is 15.1 Å². The Morgan fingerprint density at radius 3 is 2.55 bits per heavy atom. The number of hydrogen-bond acceptors (Lipinski definition) is 8. The molecule has 1 aliphatic carbocycles. The second-order valence-corrected chi connectivity index (χ2v) is 12.9. The lowest BCUT2D eigenvalue weighted by Gasteiger charge is -2.37. The maximum atomic E-state index is 17.4. The Labute approximate surface area is 266 Å². The number of alkyl halides is 2. The average molecular weight is 646 g/mol. The minimum absolute atomic E-state index is 0.0237. The minimum Gasteiger partial charge on any atom is -0.508 e. The van der Waals surface area contributed by atoms with Crippen molar-refractivity contribution in [3.8, 4) is 35.2 Å². The van der Waals surface area contributed by atoms with Crippen molar-refractivity contribution in [1.29, 1.82) is 0 Å². The summed E-state index contributed by atoms with van der Waals surface area (Å²) in [6, 6.07) is 5.31. The van der Waals surface area contributed by atoms with E-state index < -0.39 is 23.0 Å². The van der Waals surface area contributed by atoms with Gasteiger partial charge in [-0.05, 0) is 49.0 Å². The van der Waals surface area contributed by atoms with Gasteiger partial charge < -0.3 is 25.4 Å². The molecule has 0 radical (unpaired) electrons. The van der Waals surface area contributed by atoms with Crippen LogP contribution in [0.25, 0.3) is 43.7 Å². The molecule has 242 valence electrons. The molecule has 2 aliphatic heterocycles. The minimum atomic E-state index is -2.92. The van der Waals surface area contributed by atoms with Crippen LogP contribution in [0.15, 0.2) is 30.5 Å². The van der Waals surface area contributed by atoms with Crippen molar-refractivity contribution in [3.63, 3.8) is 0 Å². The van der Waals surface area contributed by atoms with Gasteiger partial charge in [0.25, 0.3) is 5.92 Å². The molecule has 5 aromatic rings. The van der Waals surface area contributed by atoms with Gasteiger partial charge in [-0.25, -0.2) is 17.6 Å². The first kappa shape index (κ1) is 29.7. The summed E-state index contributed by atoms with van der Waals surface area (Å²) < 4.78 is 68.9. The molecule has 2 aromatic heterocycles. The molecule has 4 heterocycles. The van der Waals surface area contributed by atoms with Crippen LogP contribution < -0.4 is 20.3 Å². The lowest BCUT2D eigenvalue weighted by Crippen LogP contribution is -2.52. The standard InChI is InChI=1S/C34H31F4N7O2/c1-4-21-24(35)8-5-17-9-20(46)10-22(25(17)21)26-28(36)30-27(23-13-44(3)43-29(23)26)31(45-18-6-7-19(45)12-40-11-18)42-32(41-30)47-16-33(15-39-2)14-34(33,37)38/h1,5,8-10,13,18-19,39-40,46H,6-7,11-12,14-16H2,2-3H3/t18?,19?,33-/m1/s1. The fourth-order valence-electron chi connectivity index (χ4n) is 7.62. The first-order valence-corrected chi connectivity index (χ1v) is 15.5. The smallest absolute Gasteiger partial charge is 0.319 e. The van der Waals surface area contributed by atoms with Gasteiger partial charge in [-0.15, -0.1) is 6.42 Å². The first-order chi connectivity index (χ1) is 22.6. The van der Waals surface area contributed by atoms with E-state index in [4.69, 9.17) is 16.1 Å². The third-order valence-electron chi connectivity index (χ3n) is 9.93. The molecule has 2 saturated heterocycles. The normalized spacial score (nSPS) is 23.1. The van der Waals surface area contributed by atoms with Crippen molar-refractivity contribution in [3.05, 3.63) is 47.7 Å². The molecule has 0 spiro atoms. The van der Waals surface area contributed by atoms with E-state index in [1.54, 1.807) is 20.3 Å². The topological polar surface area (TPSA) is 100 Å². The second-order valence-electron chi connectivity index (χ2n) is 12.9. The predicted molar refractivity (Wildman–Crippen MR) is 170 cm³/mol. The van der Waals surface area contributed by atoms with E-state index in [0.29, 0.717) is 35.1 Å². The summed E-state index contributed by atoms with van der Waals surface area (Å²) in [5.41, 5.74) is -1.31. The van der Waals surface area contributed by atoms with Gasteiger partial charge in [0, 0.05) is 67.7 Å². The average Bonchev–Trinajstić information content (AvgIpc) is 3.23. The Kier molecular flexibility index (Phi) is 6.59. The number of aromatic nitrogens is 4. The van der Waals surface area contributed by atoms with Crippen LogP contribution >= 0.6 is 0 Å². The molecule has 9 nitrogen and oxygen atoms in total. The zero-order valence-corrected chi connectivity index (χ0v) is 25.7. The molecule has 47 heavy (non-hydrogen) atoms. The highest BCUT2D eigenvalue weighted by atomic mass is 19.3. The number of piperazine rings is 1. The van der Waals surface area contributed by atoms with E-state index in [1.807, 2.05) is 0 Å². The lowest BCUT2D eigenvalue weighted by molar-refractivity contribution is 0.0411. The van der Waals surface area contributed by atoms with Crippen molar-refractivity contribution in [2.45, 2.75) is 37.3 Å². The number of aromatic hydroxyl groups is 1. The molecule has 3 N–H and O–H groups in total. The van der Waals surface area contributed by atoms with Crippen molar-refractivity contribution in [2.75, 3.05) is 38.2 Å². The number of anilines is 1. The van der Waals surface area contributed by atoms with Crippen LogP contribution in [0.4, 0.5) is 23.4 Å². The number of ether oxygens (including phenoxy) is 1. The quantitative estimate of drug-likeness (QED) is 0.171. The number of phenols is 1. The Hall–Kier alpha value is -4.67. The first-order valence-electron chi connectivity index (χ1n) is 15.5. The Bertz CT molecular complexity index is 2150. The van der Waals surface area contributed by atoms with Gasteiger partial charge in [-0.3, -0.25) is 4.68 Å². The van der Waals surface area contributed by atoms with E-state index in [-0.39, 0.29) is 76.5 Å². The molecular weight excluding hydrogens is 614 g/mol. The van der Waals surface area contributed by atoms with Crippen LogP contribution in [0, 0.1) is 29.4 Å². The molecule has 13 heteroatoms. The fraction of sp³-hybridized carbons (Fsp3) is 0.382. The lowest BCUT2D eigenvalue weighted by atomic mass is 9.91. The summed E-state index contributed by atoms with van der Waals surface area (Å²) in [5.74, 6) is -1.78. The predicted octanol–water partition coefficient (Wildman–Crippen LogP) is 4.87. The van der Waals surface area contributed by atoms with Crippen molar-refractivity contribution in [1.82, 2.24) is 30.4 Å². The largest absolute Gasteiger partial charge is 0.508 e. The monoisotopic (exact) mass is 645 g/mol. The molecule has 1 saturated carbocycles. The summed E-state index contributed by atoms with van der Waals surface area (Å²) in [6.07, 6.45) is 8.91. The molecule has 2 unspecified atom stereocenters. The van der Waals surface area contributed by atoms with E-state index in [1.165, 1.54) is 28.9 Å². The van der Waals surface area contributed by atoms with Gasteiger partial charge in [0.2, 0.25) is 0 Å². The van der Waals surface area contributed by atoms with Crippen LogP contribution in [0.1, 0.15) is 24.8 Å². The molecule has 3 aliphatic rings. The number of terminal acetylenes is 1. The third-order valence-corrected chi connectivity index (χ3v) is 9.93. The van der Waals surface area contributed by atoms with E-state index >= 15 is 8.78 Å². The summed E-state index contributed by atoms with van der Waals surface area (Å²) in [4.78, 5) is 11.5. The maximum Gasteiger partial charge on any atom is 0.319 e. The van der Waals surface area contributed by atoms with Crippen molar-refractivity contribution >= 4 is 38.4 Å². The van der Waals surface area contributed by atoms with Crippen LogP contribution in [-0.2, 0) is 7.05 Å². The van der Waals surface area contributed by atoms with Gasteiger partial charge >= 0.3 is 6.01 Å². The summed E-state index contributed by atoms with van der Waals surface area (Å²) in [7, 11) is 3.30. The number of aryl methyl sites for hydroxylation is 1. The second kappa shape index (κ2) is 10.4. The molecule has 8 rings (SSSR count). The Morgan fingerprint density at radius 2 is 1.87 bits per heavy atom. The Morgan fingerprint density at radius 1 is 1.13 bits per heavy atom. The van der Waals surface area contributed by atoms with E-state index in [9.17, 15) is 13.9 Å². The molecule has 3 aromatic carbocycles. The maximum absolute atomic E-state index is 17.4. The number of nitrogens with one attached hydrogen (secondary N) is 2. The Balaban J connectivity index is 1.42. The number of benzene rings is 3. The zero-order valence-electron chi connectivity index (χ0n) is 25.7. The van der Waals surface area contributed by atoms with Gasteiger partial charge in [-0.1, -0.05) is 12.0 Å². The van der Waals surface area contributed by atoms with Gasteiger partial charge in [0.1, 0.15) is 35.0 Å².